The predicted molar refractivity (Wildman–Crippen MR) is 84.1 cm³/mol. The Morgan fingerprint density at radius 3 is 2.83 bits per heavy atom. The fraction of sp³-hybridized carbons (Fsp3) is 0.471. The van der Waals surface area contributed by atoms with Crippen molar-refractivity contribution < 1.29 is 14.4 Å². The maximum absolute atomic E-state index is 11.0. The number of aryl methyl sites for hydroxylation is 1. The van der Waals surface area contributed by atoms with Gasteiger partial charge in [0.15, 0.2) is 5.82 Å². The summed E-state index contributed by atoms with van der Waals surface area (Å²) in [4.78, 5) is 17.7. The van der Waals surface area contributed by atoms with Crippen LogP contribution in [0.3, 0.4) is 0 Å². The fourth-order valence-corrected chi connectivity index (χ4v) is 3.09. The van der Waals surface area contributed by atoms with Gasteiger partial charge in [-0.2, -0.15) is 4.98 Å². The molecule has 1 aliphatic rings. The highest BCUT2D eigenvalue weighted by atomic mass is 16.5. The van der Waals surface area contributed by atoms with Crippen LogP contribution in [0.25, 0.3) is 0 Å². The molecule has 2 aromatic rings. The van der Waals surface area contributed by atoms with Crippen LogP contribution in [0.5, 0.6) is 0 Å². The number of carbonyl (C=O) groups is 1. The summed E-state index contributed by atoms with van der Waals surface area (Å²) < 4.78 is 5.02. The van der Waals surface area contributed by atoms with E-state index in [1.165, 1.54) is 0 Å². The monoisotopic (exact) mass is 315 g/mol. The van der Waals surface area contributed by atoms with Crippen LogP contribution in [0.2, 0.25) is 0 Å². The van der Waals surface area contributed by atoms with Gasteiger partial charge in [-0.15, -0.1) is 0 Å². The van der Waals surface area contributed by atoms with Crippen molar-refractivity contribution in [2.24, 2.45) is 5.92 Å². The standard InChI is InChI=1S/C17H21N3O3/c1-12-18-16(19-23-12)10-13-5-7-20(8-6-13)11-14-3-2-4-15(9-14)17(21)22/h2-4,9,13H,5-8,10-11H2,1H3,(H,21,22). The van der Waals surface area contributed by atoms with Gasteiger partial charge in [0.2, 0.25) is 5.89 Å². The van der Waals surface area contributed by atoms with E-state index in [0.29, 0.717) is 17.4 Å². The first-order chi connectivity index (χ1) is 11.1. The summed E-state index contributed by atoms with van der Waals surface area (Å²) in [5.41, 5.74) is 1.40. The molecule has 2 heterocycles. The third kappa shape index (κ3) is 4.16. The molecule has 1 aromatic carbocycles. The Morgan fingerprint density at radius 2 is 2.17 bits per heavy atom. The number of carboxylic acid groups (broad SMARTS) is 1. The third-order valence-corrected chi connectivity index (χ3v) is 4.33. The summed E-state index contributed by atoms with van der Waals surface area (Å²) in [6.45, 7) is 4.64. The van der Waals surface area contributed by atoms with Crippen molar-refractivity contribution in [3.05, 3.63) is 47.1 Å². The minimum atomic E-state index is -0.874. The molecule has 1 saturated heterocycles. The van der Waals surface area contributed by atoms with Gasteiger partial charge in [0.1, 0.15) is 0 Å². The number of aromatic carboxylic acids is 1. The van der Waals surface area contributed by atoms with E-state index in [-0.39, 0.29) is 0 Å². The van der Waals surface area contributed by atoms with E-state index in [2.05, 4.69) is 15.0 Å². The van der Waals surface area contributed by atoms with E-state index in [1.54, 1.807) is 12.1 Å². The summed E-state index contributed by atoms with van der Waals surface area (Å²) in [7, 11) is 0. The van der Waals surface area contributed by atoms with Crippen LogP contribution in [0.1, 0.15) is 40.5 Å². The molecule has 3 rings (SSSR count). The number of carboxylic acids is 1. The number of aromatic nitrogens is 2. The molecule has 0 saturated carbocycles. The Kier molecular flexibility index (Phi) is 4.71. The molecule has 1 fully saturated rings. The maximum atomic E-state index is 11.0. The first-order valence-corrected chi connectivity index (χ1v) is 7.94. The Labute approximate surface area is 135 Å². The van der Waals surface area contributed by atoms with Crippen LogP contribution in [0, 0.1) is 12.8 Å². The molecule has 1 N–H and O–H groups in total. The maximum Gasteiger partial charge on any atom is 0.335 e. The Morgan fingerprint density at radius 1 is 1.39 bits per heavy atom. The van der Waals surface area contributed by atoms with Crippen LogP contribution in [-0.4, -0.2) is 39.2 Å². The third-order valence-electron chi connectivity index (χ3n) is 4.33. The summed E-state index contributed by atoms with van der Waals surface area (Å²) in [6.07, 6.45) is 3.08. The number of hydrogen-bond donors (Lipinski definition) is 1. The van der Waals surface area contributed by atoms with Gasteiger partial charge >= 0.3 is 5.97 Å². The van der Waals surface area contributed by atoms with E-state index in [0.717, 1.165) is 50.3 Å². The van der Waals surface area contributed by atoms with E-state index in [1.807, 2.05) is 19.1 Å². The molecule has 1 aliphatic heterocycles. The Hall–Kier alpha value is -2.21. The molecule has 6 nitrogen and oxygen atoms in total. The number of benzene rings is 1. The zero-order valence-electron chi connectivity index (χ0n) is 13.2. The second-order valence-corrected chi connectivity index (χ2v) is 6.16. The second-order valence-electron chi connectivity index (χ2n) is 6.16. The predicted octanol–water partition coefficient (Wildman–Crippen LogP) is 2.53. The van der Waals surface area contributed by atoms with Crippen molar-refractivity contribution in [3.63, 3.8) is 0 Å². The van der Waals surface area contributed by atoms with E-state index in [4.69, 9.17) is 9.63 Å². The Bertz CT molecular complexity index is 675. The molecule has 0 radical (unpaired) electrons. The number of nitrogens with zero attached hydrogens (tertiary/aromatic N) is 3. The number of likely N-dealkylation sites (tertiary alicyclic amines) is 1. The topological polar surface area (TPSA) is 79.5 Å². The van der Waals surface area contributed by atoms with Gasteiger partial charge in [-0.25, -0.2) is 4.79 Å². The smallest absolute Gasteiger partial charge is 0.335 e. The summed E-state index contributed by atoms with van der Waals surface area (Å²) in [5, 5.41) is 13.0. The van der Waals surface area contributed by atoms with Gasteiger partial charge in [-0.05, 0) is 49.5 Å². The van der Waals surface area contributed by atoms with Crippen molar-refractivity contribution in [1.82, 2.24) is 15.0 Å². The lowest BCUT2D eigenvalue weighted by Crippen LogP contribution is -2.34. The molecular formula is C17H21N3O3. The summed E-state index contributed by atoms with van der Waals surface area (Å²) in [6, 6.07) is 7.19. The molecule has 0 bridgehead atoms. The minimum absolute atomic E-state index is 0.352. The molecule has 6 heteroatoms. The number of piperidine rings is 1. The van der Waals surface area contributed by atoms with E-state index in [9.17, 15) is 4.79 Å². The average Bonchev–Trinajstić information content (AvgIpc) is 2.94. The van der Waals surface area contributed by atoms with Gasteiger partial charge in [0, 0.05) is 19.9 Å². The van der Waals surface area contributed by atoms with Crippen molar-refractivity contribution in [3.8, 4) is 0 Å². The number of rotatable bonds is 5. The van der Waals surface area contributed by atoms with Crippen LogP contribution in [-0.2, 0) is 13.0 Å². The fourth-order valence-electron chi connectivity index (χ4n) is 3.09. The molecular weight excluding hydrogens is 294 g/mol. The van der Waals surface area contributed by atoms with Gasteiger partial charge in [-0.1, -0.05) is 17.3 Å². The Balaban J connectivity index is 1.51. The molecule has 23 heavy (non-hydrogen) atoms. The van der Waals surface area contributed by atoms with Crippen molar-refractivity contribution in [2.75, 3.05) is 13.1 Å². The van der Waals surface area contributed by atoms with Crippen molar-refractivity contribution in [1.29, 1.82) is 0 Å². The van der Waals surface area contributed by atoms with Gasteiger partial charge in [0.25, 0.3) is 0 Å². The van der Waals surface area contributed by atoms with Crippen LogP contribution in [0.4, 0.5) is 0 Å². The molecule has 0 unspecified atom stereocenters. The molecule has 1 aromatic heterocycles. The highest BCUT2D eigenvalue weighted by Gasteiger charge is 2.21. The van der Waals surface area contributed by atoms with Crippen molar-refractivity contribution >= 4 is 5.97 Å². The second kappa shape index (κ2) is 6.91. The van der Waals surface area contributed by atoms with E-state index >= 15 is 0 Å². The lowest BCUT2D eigenvalue weighted by atomic mass is 9.93. The lowest BCUT2D eigenvalue weighted by molar-refractivity contribution is 0.0696. The van der Waals surface area contributed by atoms with Crippen LogP contribution < -0.4 is 0 Å². The van der Waals surface area contributed by atoms with Gasteiger partial charge in [-0.3, -0.25) is 4.90 Å². The van der Waals surface area contributed by atoms with Crippen LogP contribution in [0.15, 0.2) is 28.8 Å². The average molecular weight is 315 g/mol. The molecule has 0 aliphatic carbocycles. The highest BCUT2D eigenvalue weighted by molar-refractivity contribution is 5.87. The number of hydrogen-bond acceptors (Lipinski definition) is 5. The molecule has 122 valence electrons. The minimum Gasteiger partial charge on any atom is -0.478 e. The summed E-state index contributed by atoms with van der Waals surface area (Å²) in [5.74, 6) is 1.14. The lowest BCUT2D eigenvalue weighted by Gasteiger charge is -2.31. The quantitative estimate of drug-likeness (QED) is 0.913. The first kappa shape index (κ1) is 15.7. The zero-order chi connectivity index (χ0) is 16.2. The molecule has 0 amide bonds. The summed E-state index contributed by atoms with van der Waals surface area (Å²) >= 11 is 0. The molecule has 0 atom stereocenters. The zero-order valence-corrected chi connectivity index (χ0v) is 13.2. The molecule has 0 spiro atoms. The highest BCUT2D eigenvalue weighted by Crippen LogP contribution is 2.22. The normalized spacial score (nSPS) is 16.6. The van der Waals surface area contributed by atoms with E-state index < -0.39 is 5.97 Å². The largest absolute Gasteiger partial charge is 0.478 e. The van der Waals surface area contributed by atoms with Crippen molar-refractivity contribution in [2.45, 2.75) is 32.7 Å². The van der Waals surface area contributed by atoms with Gasteiger partial charge < -0.3 is 9.63 Å². The van der Waals surface area contributed by atoms with Crippen LogP contribution >= 0.6 is 0 Å². The first-order valence-electron chi connectivity index (χ1n) is 7.94. The van der Waals surface area contributed by atoms with Gasteiger partial charge in [0.05, 0.1) is 5.56 Å². The SMILES string of the molecule is Cc1nc(CC2CCN(Cc3cccc(C(=O)O)c3)CC2)no1.